The third kappa shape index (κ3) is 4.05. The van der Waals surface area contributed by atoms with Crippen LogP contribution in [0, 0.1) is 5.82 Å². The van der Waals surface area contributed by atoms with Crippen LogP contribution in [0.3, 0.4) is 0 Å². The molecule has 1 N–H and O–H groups in total. The van der Waals surface area contributed by atoms with Gasteiger partial charge in [-0.05, 0) is 42.0 Å². The lowest BCUT2D eigenvalue weighted by atomic mass is 10.0. The molecule has 0 saturated carbocycles. The fraction of sp³-hybridized carbons (Fsp3) is 0.120. The van der Waals surface area contributed by atoms with Crippen LogP contribution in [0.25, 0.3) is 16.9 Å². The molecule has 0 aliphatic carbocycles. The molecule has 0 saturated heterocycles. The average Bonchev–Trinajstić information content (AvgIpc) is 3.26. The van der Waals surface area contributed by atoms with E-state index in [2.05, 4.69) is 22.0 Å². The van der Waals surface area contributed by atoms with Crippen LogP contribution in [-0.4, -0.2) is 26.3 Å². The van der Waals surface area contributed by atoms with Crippen molar-refractivity contribution in [3.63, 3.8) is 0 Å². The van der Waals surface area contributed by atoms with Crippen LogP contribution in [-0.2, 0) is 4.79 Å². The second-order valence-electron chi connectivity index (χ2n) is 7.22. The number of fused-ring (bicyclic) bond motifs is 1. The van der Waals surface area contributed by atoms with Crippen LogP contribution >= 0.6 is 0 Å². The molecule has 0 fully saturated rings. The normalized spacial score (nSPS) is 11.8. The van der Waals surface area contributed by atoms with Crippen molar-refractivity contribution >= 4 is 17.3 Å². The quantitative estimate of drug-likeness (QED) is 0.347. The molecule has 1 atom stereocenters. The molecule has 1 unspecified atom stereocenters. The van der Waals surface area contributed by atoms with Crippen molar-refractivity contribution in [3.05, 3.63) is 102 Å². The molecule has 2 aromatic heterocycles. The summed E-state index contributed by atoms with van der Waals surface area (Å²) in [6.45, 7) is 5.62. The Bertz CT molecular complexity index is 1310. The summed E-state index contributed by atoms with van der Waals surface area (Å²) in [5.74, 6) is -0.760. The van der Waals surface area contributed by atoms with Gasteiger partial charge in [-0.2, -0.15) is 5.10 Å². The lowest BCUT2D eigenvalue weighted by Gasteiger charge is -2.16. The number of halogens is 1. The van der Waals surface area contributed by atoms with Crippen molar-refractivity contribution in [2.75, 3.05) is 0 Å². The van der Waals surface area contributed by atoms with E-state index in [0.717, 1.165) is 16.8 Å². The molecule has 0 spiro atoms. The van der Waals surface area contributed by atoms with E-state index in [0.29, 0.717) is 23.2 Å². The molecular weight excluding hydrogens is 407 g/mol. The zero-order valence-corrected chi connectivity index (χ0v) is 17.5. The number of carbonyl (C=O) groups excluding carboxylic acids is 2. The molecule has 2 heterocycles. The van der Waals surface area contributed by atoms with Gasteiger partial charge in [-0.15, -0.1) is 6.58 Å². The number of rotatable bonds is 7. The standard InChI is InChI=1S/C25H21FN4O2/c1-3-21(29-23(31)4-2)17-6-5-7-18(14-17)22-12-13-27-25-20(15-28-30(22)25)24(32)16-8-10-19(26)11-9-16/h3,5-15,21H,1,4H2,2H3,(H,29,31). The van der Waals surface area contributed by atoms with Gasteiger partial charge in [0.15, 0.2) is 11.4 Å². The van der Waals surface area contributed by atoms with Crippen molar-refractivity contribution in [2.45, 2.75) is 19.4 Å². The van der Waals surface area contributed by atoms with Crippen molar-refractivity contribution in [3.8, 4) is 11.3 Å². The topological polar surface area (TPSA) is 76.4 Å². The maximum Gasteiger partial charge on any atom is 0.220 e. The second kappa shape index (κ2) is 8.93. The van der Waals surface area contributed by atoms with E-state index in [1.807, 2.05) is 24.3 Å². The summed E-state index contributed by atoms with van der Waals surface area (Å²) in [5.41, 5.74) is 3.54. The molecule has 4 rings (SSSR count). The van der Waals surface area contributed by atoms with Crippen molar-refractivity contribution in [2.24, 2.45) is 0 Å². The Morgan fingerprint density at radius 3 is 2.69 bits per heavy atom. The first-order valence-corrected chi connectivity index (χ1v) is 10.2. The van der Waals surface area contributed by atoms with E-state index in [-0.39, 0.29) is 17.7 Å². The number of nitrogens with zero attached hydrogens (tertiary/aromatic N) is 3. The van der Waals surface area contributed by atoms with Gasteiger partial charge in [0.1, 0.15) is 5.82 Å². The van der Waals surface area contributed by atoms with Gasteiger partial charge in [-0.3, -0.25) is 9.59 Å². The van der Waals surface area contributed by atoms with Crippen LogP contribution in [0.5, 0.6) is 0 Å². The van der Waals surface area contributed by atoms with E-state index in [1.54, 1.807) is 29.8 Å². The minimum atomic E-state index is -0.408. The Hall–Kier alpha value is -4.13. The predicted molar refractivity (Wildman–Crippen MR) is 120 cm³/mol. The van der Waals surface area contributed by atoms with Crippen molar-refractivity contribution < 1.29 is 14.0 Å². The highest BCUT2D eigenvalue weighted by Gasteiger charge is 2.18. The third-order valence-corrected chi connectivity index (χ3v) is 5.17. The zero-order chi connectivity index (χ0) is 22.7. The van der Waals surface area contributed by atoms with Gasteiger partial charge in [0.2, 0.25) is 5.91 Å². The Kier molecular flexibility index (Phi) is 5.89. The summed E-state index contributed by atoms with van der Waals surface area (Å²) in [6.07, 6.45) is 5.15. The Balaban J connectivity index is 1.73. The summed E-state index contributed by atoms with van der Waals surface area (Å²) >= 11 is 0. The van der Waals surface area contributed by atoms with Gasteiger partial charge in [0.25, 0.3) is 0 Å². The van der Waals surface area contributed by atoms with E-state index in [4.69, 9.17) is 0 Å². The number of nitrogens with one attached hydrogen (secondary N) is 1. The molecule has 160 valence electrons. The van der Waals surface area contributed by atoms with Crippen LogP contribution in [0.4, 0.5) is 4.39 Å². The number of hydrogen-bond donors (Lipinski definition) is 1. The first-order valence-electron chi connectivity index (χ1n) is 10.2. The van der Waals surface area contributed by atoms with Crippen LogP contribution in [0.2, 0.25) is 0 Å². The van der Waals surface area contributed by atoms with E-state index in [9.17, 15) is 14.0 Å². The molecule has 4 aromatic rings. The van der Waals surface area contributed by atoms with Gasteiger partial charge in [-0.1, -0.05) is 31.2 Å². The largest absolute Gasteiger partial charge is 0.346 e. The highest BCUT2D eigenvalue weighted by molar-refractivity contribution is 6.12. The monoisotopic (exact) mass is 428 g/mol. The smallest absolute Gasteiger partial charge is 0.220 e. The SMILES string of the molecule is C=CC(NC(=O)CC)c1cccc(-c2ccnc3c(C(=O)c4ccc(F)cc4)cnn23)c1. The molecule has 1 amide bonds. The Morgan fingerprint density at radius 1 is 1.19 bits per heavy atom. The minimum absolute atomic E-state index is 0.0670. The maximum atomic E-state index is 13.2. The number of carbonyl (C=O) groups is 2. The highest BCUT2D eigenvalue weighted by Crippen LogP contribution is 2.25. The lowest BCUT2D eigenvalue weighted by Crippen LogP contribution is -2.26. The lowest BCUT2D eigenvalue weighted by molar-refractivity contribution is -0.121. The van der Waals surface area contributed by atoms with E-state index in [1.165, 1.54) is 30.5 Å². The molecule has 0 aliphatic heterocycles. The number of amides is 1. The molecular formula is C25H21FN4O2. The summed E-state index contributed by atoms with van der Waals surface area (Å²) in [4.78, 5) is 29.1. The number of aromatic nitrogens is 3. The van der Waals surface area contributed by atoms with Gasteiger partial charge in [0.05, 0.1) is 23.5 Å². The van der Waals surface area contributed by atoms with Crippen LogP contribution in [0.15, 0.2) is 79.6 Å². The molecule has 6 nitrogen and oxygen atoms in total. The fourth-order valence-corrected chi connectivity index (χ4v) is 3.47. The first kappa shape index (κ1) is 21.1. The Labute approximate surface area is 184 Å². The second-order valence-corrected chi connectivity index (χ2v) is 7.22. The van der Waals surface area contributed by atoms with Crippen molar-refractivity contribution in [1.29, 1.82) is 0 Å². The molecule has 0 bridgehead atoms. The molecule has 0 radical (unpaired) electrons. The summed E-state index contributed by atoms with van der Waals surface area (Å²) in [7, 11) is 0. The summed E-state index contributed by atoms with van der Waals surface area (Å²) in [6, 6.07) is 14.5. The van der Waals surface area contributed by atoms with Gasteiger partial charge in [-0.25, -0.2) is 13.9 Å². The van der Waals surface area contributed by atoms with Crippen LogP contribution < -0.4 is 5.32 Å². The van der Waals surface area contributed by atoms with Gasteiger partial charge < -0.3 is 5.32 Å². The molecule has 2 aromatic carbocycles. The number of hydrogen-bond acceptors (Lipinski definition) is 4. The zero-order valence-electron chi connectivity index (χ0n) is 17.5. The first-order chi connectivity index (χ1) is 15.5. The Morgan fingerprint density at radius 2 is 1.97 bits per heavy atom. The number of ketones is 1. The van der Waals surface area contributed by atoms with E-state index >= 15 is 0 Å². The fourth-order valence-electron chi connectivity index (χ4n) is 3.47. The predicted octanol–water partition coefficient (Wildman–Crippen LogP) is 4.52. The minimum Gasteiger partial charge on any atom is -0.346 e. The third-order valence-electron chi connectivity index (χ3n) is 5.17. The number of benzene rings is 2. The van der Waals surface area contributed by atoms with Crippen LogP contribution in [0.1, 0.15) is 40.9 Å². The van der Waals surface area contributed by atoms with E-state index < -0.39 is 5.82 Å². The summed E-state index contributed by atoms with van der Waals surface area (Å²) < 4.78 is 14.8. The molecule has 32 heavy (non-hydrogen) atoms. The van der Waals surface area contributed by atoms with Gasteiger partial charge in [0, 0.05) is 23.7 Å². The maximum absolute atomic E-state index is 13.2. The summed E-state index contributed by atoms with van der Waals surface area (Å²) in [5, 5.41) is 7.31. The molecule has 0 aliphatic rings. The average molecular weight is 428 g/mol. The highest BCUT2D eigenvalue weighted by atomic mass is 19.1. The molecule has 7 heteroatoms. The van der Waals surface area contributed by atoms with Crippen molar-refractivity contribution in [1.82, 2.24) is 19.9 Å². The van der Waals surface area contributed by atoms with Gasteiger partial charge >= 0.3 is 0 Å².